The summed E-state index contributed by atoms with van der Waals surface area (Å²) in [4.78, 5) is 14.3. The molecule has 2 N–H and O–H groups in total. The van der Waals surface area contributed by atoms with Crippen LogP contribution in [0.5, 0.6) is 11.5 Å². The van der Waals surface area contributed by atoms with Gasteiger partial charge in [0.05, 0.1) is 0 Å². The van der Waals surface area contributed by atoms with Crippen molar-refractivity contribution < 1.29 is 9.53 Å². The Morgan fingerprint density at radius 3 is 2.13 bits per heavy atom. The van der Waals surface area contributed by atoms with Crippen molar-refractivity contribution in [3.8, 4) is 11.5 Å². The highest BCUT2D eigenvalue weighted by molar-refractivity contribution is 5.94. The molecule has 1 heterocycles. The van der Waals surface area contributed by atoms with E-state index < -0.39 is 0 Å². The molecule has 122 valence electrons. The Labute approximate surface area is 142 Å². The van der Waals surface area contributed by atoms with Gasteiger partial charge in [-0.2, -0.15) is 0 Å². The first-order valence-electron chi connectivity index (χ1n) is 7.60. The summed E-state index contributed by atoms with van der Waals surface area (Å²) < 4.78 is 5.73. The quantitative estimate of drug-likeness (QED) is 0.936. The number of benzene rings is 2. The van der Waals surface area contributed by atoms with E-state index in [0.29, 0.717) is 5.56 Å². The molecule has 2 aromatic carbocycles. The van der Waals surface area contributed by atoms with Gasteiger partial charge in [0, 0.05) is 24.7 Å². The van der Waals surface area contributed by atoms with Crippen LogP contribution in [-0.2, 0) is 0 Å². The highest BCUT2D eigenvalue weighted by atomic mass is 35.5. The van der Waals surface area contributed by atoms with E-state index in [2.05, 4.69) is 0 Å². The van der Waals surface area contributed by atoms with Gasteiger partial charge in [0.1, 0.15) is 11.5 Å². The van der Waals surface area contributed by atoms with Gasteiger partial charge in [0.25, 0.3) is 5.91 Å². The van der Waals surface area contributed by atoms with Crippen LogP contribution in [-0.4, -0.2) is 29.9 Å². The first-order valence-corrected chi connectivity index (χ1v) is 7.60. The number of carbonyl (C=O) groups is 1. The molecule has 5 heteroatoms. The summed E-state index contributed by atoms with van der Waals surface area (Å²) in [7, 11) is 0. The van der Waals surface area contributed by atoms with Crippen molar-refractivity contribution in [1.82, 2.24) is 4.90 Å². The largest absolute Gasteiger partial charge is 0.457 e. The molecule has 0 atom stereocenters. The third-order valence-corrected chi connectivity index (χ3v) is 3.91. The number of nitrogens with two attached hydrogens (primary N) is 1. The lowest BCUT2D eigenvalue weighted by Gasteiger charge is -2.30. The predicted octanol–water partition coefficient (Wildman–Crippen LogP) is 3.46. The normalized spacial score (nSPS) is 14.9. The summed E-state index contributed by atoms with van der Waals surface area (Å²) in [6.45, 7) is 1.48. The molecule has 23 heavy (non-hydrogen) atoms. The minimum atomic E-state index is 0. The van der Waals surface area contributed by atoms with Gasteiger partial charge in [-0.15, -0.1) is 12.4 Å². The van der Waals surface area contributed by atoms with Crippen molar-refractivity contribution in [2.24, 2.45) is 5.73 Å². The lowest BCUT2D eigenvalue weighted by molar-refractivity contribution is 0.0715. The SMILES string of the molecule is Cl.NC1CCN(C(=O)c2ccc(Oc3ccccc3)cc2)CC1. The van der Waals surface area contributed by atoms with Gasteiger partial charge in [-0.1, -0.05) is 18.2 Å². The third-order valence-electron chi connectivity index (χ3n) is 3.91. The summed E-state index contributed by atoms with van der Waals surface area (Å²) >= 11 is 0. The lowest BCUT2D eigenvalue weighted by atomic mass is 10.0. The molecular weight excluding hydrogens is 312 g/mol. The van der Waals surface area contributed by atoms with Crippen LogP contribution < -0.4 is 10.5 Å². The van der Waals surface area contributed by atoms with E-state index in [1.165, 1.54) is 0 Å². The molecule has 0 bridgehead atoms. The van der Waals surface area contributed by atoms with E-state index in [4.69, 9.17) is 10.5 Å². The second-order valence-electron chi connectivity index (χ2n) is 5.57. The van der Waals surface area contributed by atoms with Crippen LogP contribution >= 0.6 is 12.4 Å². The van der Waals surface area contributed by atoms with Gasteiger partial charge in [0.15, 0.2) is 0 Å². The van der Waals surface area contributed by atoms with Gasteiger partial charge < -0.3 is 15.4 Å². The lowest BCUT2D eigenvalue weighted by Crippen LogP contribution is -2.42. The molecule has 0 aliphatic carbocycles. The van der Waals surface area contributed by atoms with Crippen LogP contribution in [0, 0.1) is 0 Å². The highest BCUT2D eigenvalue weighted by Crippen LogP contribution is 2.22. The van der Waals surface area contributed by atoms with Crippen LogP contribution in [0.1, 0.15) is 23.2 Å². The number of para-hydroxylation sites is 1. The van der Waals surface area contributed by atoms with Crippen molar-refractivity contribution in [1.29, 1.82) is 0 Å². The minimum Gasteiger partial charge on any atom is -0.457 e. The minimum absolute atomic E-state index is 0. The Kier molecular flexibility index (Phi) is 6.02. The van der Waals surface area contributed by atoms with Gasteiger partial charge >= 0.3 is 0 Å². The smallest absolute Gasteiger partial charge is 0.253 e. The molecule has 1 saturated heterocycles. The summed E-state index contributed by atoms with van der Waals surface area (Å²) in [5.41, 5.74) is 6.57. The fourth-order valence-corrected chi connectivity index (χ4v) is 2.58. The number of halogens is 1. The molecule has 3 rings (SSSR count). The monoisotopic (exact) mass is 332 g/mol. The Morgan fingerprint density at radius 2 is 1.52 bits per heavy atom. The number of hydrogen-bond donors (Lipinski definition) is 1. The Morgan fingerprint density at radius 1 is 0.957 bits per heavy atom. The fourth-order valence-electron chi connectivity index (χ4n) is 2.58. The number of piperidine rings is 1. The van der Waals surface area contributed by atoms with Gasteiger partial charge in [-0.25, -0.2) is 0 Å². The molecule has 2 aromatic rings. The molecule has 1 aliphatic rings. The summed E-state index contributed by atoms with van der Waals surface area (Å²) in [5, 5.41) is 0. The molecule has 0 spiro atoms. The van der Waals surface area contributed by atoms with Crippen molar-refractivity contribution in [3.05, 3.63) is 60.2 Å². The number of ether oxygens (including phenoxy) is 1. The zero-order valence-electron chi connectivity index (χ0n) is 12.9. The molecule has 0 aromatic heterocycles. The van der Waals surface area contributed by atoms with Gasteiger partial charge in [-0.05, 0) is 49.2 Å². The van der Waals surface area contributed by atoms with E-state index in [-0.39, 0.29) is 24.4 Å². The number of rotatable bonds is 3. The zero-order chi connectivity index (χ0) is 15.4. The van der Waals surface area contributed by atoms with E-state index >= 15 is 0 Å². The molecular formula is C18H21ClN2O2. The van der Waals surface area contributed by atoms with Crippen LogP contribution in [0.15, 0.2) is 54.6 Å². The number of amides is 1. The molecule has 0 radical (unpaired) electrons. The van der Waals surface area contributed by atoms with Crippen molar-refractivity contribution >= 4 is 18.3 Å². The average molecular weight is 333 g/mol. The van der Waals surface area contributed by atoms with Crippen LogP contribution in [0.2, 0.25) is 0 Å². The Hall–Kier alpha value is -2.04. The summed E-state index contributed by atoms with van der Waals surface area (Å²) in [5.74, 6) is 1.58. The molecule has 4 nitrogen and oxygen atoms in total. The maximum Gasteiger partial charge on any atom is 0.253 e. The first-order chi connectivity index (χ1) is 10.7. The number of carbonyl (C=O) groups excluding carboxylic acids is 1. The summed E-state index contributed by atoms with van der Waals surface area (Å²) in [6.07, 6.45) is 1.75. The maximum atomic E-state index is 12.4. The second-order valence-corrected chi connectivity index (χ2v) is 5.57. The highest BCUT2D eigenvalue weighted by Gasteiger charge is 2.21. The second kappa shape index (κ2) is 7.99. The van der Waals surface area contributed by atoms with E-state index in [1.807, 2.05) is 59.5 Å². The topological polar surface area (TPSA) is 55.6 Å². The predicted molar refractivity (Wildman–Crippen MR) is 93.3 cm³/mol. The molecule has 0 saturated carbocycles. The van der Waals surface area contributed by atoms with Crippen molar-refractivity contribution in [2.75, 3.05) is 13.1 Å². The van der Waals surface area contributed by atoms with Crippen molar-refractivity contribution in [3.63, 3.8) is 0 Å². The van der Waals surface area contributed by atoms with E-state index in [9.17, 15) is 4.79 Å². The van der Waals surface area contributed by atoms with Crippen LogP contribution in [0.4, 0.5) is 0 Å². The molecule has 1 amide bonds. The number of likely N-dealkylation sites (tertiary alicyclic amines) is 1. The molecule has 0 unspecified atom stereocenters. The number of nitrogens with zero attached hydrogens (tertiary/aromatic N) is 1. The number of hydrogen-bond acceptors (Lipinski definition) is 3. The van der Waals surface area contributed by atoms with Crippen LogP contribution in [0.3, 0.4) is 0 Å². The third kappa shape index (κ3) is 4.47. The van der Waals surface area contributed by atoms with E-state index in [1.54, 1.807) is 0 Å². The molecule has 1 fully saturated rings. The average Bonchev–Trinajstić information content (AvgIpc) is 2.57. The van der Waals surface area contributed by atoms with Gasteiger partial charge in [-0.3, -0.25) is 4.79 Å². The fraction of sp³-hybridized carbons (Fsp3) is 0.278. The van der Waals surface area contributed by atoms with Crippen molar-refractivity contribution in [2.45, 2.75) is 18.9 Å². The zero-order valence-corrected chi connectivity index (χ0v) is 13.7. The van der Waals surface area contributed by atoms with E-state index in [0.717, 1.165) is 37.4 Å². The Balaban J connectivity index is 0.00000192. The van der Waals surface area contributed by atoms with Gasteiger partial charge in [0.2, 0.25) is 0 Å². The standard InChI is InChI=1S/C18H20N2O2.ClH/c19-15-10-12-20(13-11-15)18(21)14-6-8-17(9-7-14)22-16-4-2-1-3-5-16;/h1-9,15H,10-13,19H2;1H. The molecule has 1 aliphatic heterocycles. The Bertz CT molecular complexity index is 623. The maximum absolute atomic E-state index is 12.4. The first kappa shape index (κ1) is 17.3. The summed E-state index contributed by atoms with van der Waals surface area (Å²) in [6, 6.07) is 17.1. The van der Waals surface area contributed by atoms with Crippen LogP contribution in [0.25, 0.3) is 0 Å².